The Kier molecular flexibility index (Phi) is 26.2. The van der Waals surface area contributed by atoms with Crippen molar-refractivity contribution in [1.29, 1.82) is 0 Å². The van der Waals surface area contributed by atoms with E-state index in [1.165, 1.54) is 34.5 Å². The number of likely N-dealkylation sites (tertiary alicyclic amines) is 1. The smallest absolute Gasteiger partial charge is 0.245 e. The summed E-state index contributed by atoms with van der Waals surface area (Å²) in [7, 11) is 0. The summed E-state index contributed by atoms with van der Waals surface area (Å²) in [6.45, 7) is 59.6. The van der Waals surface area contributed by atoms with Gasteiger partial charge in [-0.25, -0.2) is 15.0 Å². The van der Waals surface area contributed by atoms with Crippen molar-refractivity contribution in [2.24, 2.45) is 11.3 Å². The van der Waals surface area contributed by atoms with Crippen molar-refractivity contribution in [3.8, 4) is 37.0 Å². The highest BCUT2D eigenvalue weighted by atomic mass is 32.1. The third-order valence-electron chi connectivity index (χ3n) is 11.8. The van der Waals surface area contributed by atoms with Gasteiger partial charge >= 0.3 is 0 Å². The zero-order chi connectivity index (χ0) is 60.3. The highest BCUT2D eigenvalue weighted by Crippen LogP contribution is 2.33. The number of terminal acetylenes is 3. The SMILES string of the molecule is C#Cc1nc(C(C)(C)C)cs1.C#Cc1nccn1C(C)(C)C.C#Cc1nscc1C(C)(C)C.C=CC(=O)N1CCC(C(C)(C)C)C1.C=Cc1ccn(C(C)(C)C)n1.C=Cc1nccn1C(C)(C)C.Cc1ccn(C(C)(C)C)n1. The molecule has 0 saturated carbocycles. The van der Waals surface area contributed by atoms with Crippen LogP contribution in [0.25, 0.3) is 12.2 Å². The molecule has 424 valence electrons. The van der Waals surface area contributed by atoms with Crippen molar-refractivity contribution in [3.63, 3.8) is 0 Å². The van der Waals surface area contributed by atoms with Crippen molar-refractivity contribution >= 4 is 40.9 Å². The number of aryl methyl sites for hydroxylation is 1. The van der Waals surface area contributed by atoms with Gasteiger partial charge in [0.05, 0.1) is 28.2 Å². The molecule has 12 nitrogen and oxygen atoms in total. The molecule has 14 heteroatoms. The van der Waals surface area contributed by atoms with Crippen LogP contribution in [0, 0.1) is 55.3 Å². The van der Waals surface area contributed by atoms with Gasteiger partial charge in [-0.2, -0.15) is 14.6 Å². The first-order valence-electron chi connectivity index (χ1n) is 26.3. The van der Waals surface area contributed by atoms with Gasteiger partial charge in [0.2, 0.25) is 5.91 Å². The molecule has 0 radical (unpaired) electrons. The Hall–Kier alpha value is -6.53. The normalized spacial score (nSPS) is 13.4. The third-order valence-corrected chi connectivity index (χ3v) is 13.2. The Morgan fingerprint density at radius 3 is 1.54 bits per heavy atom. The van der Waals surface area contributed by atoms with Gasteiger partial charge in [0.15, 0.2) is 10.8 Å². The first-order valence-corrected chi connectivity index (χ1v) is 28.0. The number of rotatable bonds is 3. The summed E-state index contributed by atoms with van der Waals surface area (Å²) in [5, 5.41) is 13.4. The van der Waals surface area contributed by atoms with Crippen LogP contribution in [0.5, 0.6) is 0 Å². The Bertz CT molecular complexity index is 2850. The maximum absolute atomic E-state index is 11.3. The fourth-order valence-corrected chi connectivity index (χ4v) is 8.68. The number of nitrogens with zero attached hydrogens (tertiary/aromatic N) is 11. The lowest BCUT2D eigenvalue weighted by molar-refractivity contribution is -0.125. The highest BCUT2D eigenvalue weighted by molar-refractivity contribution is 7.10. The second-order valence-corrected chi connectivity index (χ2v) is 27.3. The summed E-state index contributed by atoms with van der Waals surface area (Å²) in [5.74, 6) is 9.97. The lowest BCUT2D eigenvalue weighted by Gasteiger charge is -2.26. The molecule has 0 N–H and O–H groups in total. The van der Waals surface area contributed by atoms with Gasteiger partial charge < -0.3 is 14.0 Å². The molecule has 1 amide bonds. The summed E-state index contributed by atoms with van der Waals surface area (Å²) in [6.07, 6.45) is 33.2. The number of thiazole rings is 1. The number of hydrogen-bond acceptors (Lipinski definition) is 9. The van der Waals surface area contributed by atoms with Crippen LogP contribution in [0.4, 0.5) is 0 Å². The molecule has 1 unspecified atom stereocenters. The topological polar surface area (TPSA) is 117 Å². The number of imidazole rings is 2. The van der Waals surface area contributed by atoms with E-state index in [0.29, 0.717) is 17.2 Å². The number of carbonyl (C=O) groups excluding carboxylic acids is 1. The van der Waals surface area contributed by atoms with Gasteiger partial charge in [-0.15, -0.1) is 30.6 Å². The number of aromatic nitrogens is 10. The van der Waals surface area contributed by atoms with Crippen molar-refractivity contribution in [1.82, 2.24) is 52.9 Å². The summed E-state index contributed by atoms with van der Waals surface area (Å²) in [6, 6.07) is 3.98. The predicted molar refractivity (Wildman–Crippen MR) is 334 cm³/mol. The van der Waals surface area contributed by atoms with Gasteiger partial charge in [-0.3, -0.25) is 14.2 Å². The lowest BCUT2D eigenvalue weighted by Crippen LogP contribution is -2.29. The van der Waals surface area contributed by atoms with E-state index in [1.54, 1.807) is 24.5 Å². The molecule has 0 bridgehead atoms. The van der Waals surface area contributed by atoms with E-state index in [2.05, 4.69) is 217 Å². The van der Waals surface area contributed by atoms with Crippen molar-refractivity contribution < 1.29 is 4.79 Å². The summed E-state index contributed by atoms with van der Waals surface area (Å²) in [4.78, 5) is 25.6. The molecular weight excluding hydrogens is 1000 g/mol. The van der Waals surface area contributed by atoms with Crippen molar-refractivity contribution in [2.75, 3.05) is 13.1 Å². The van der Waals surface area contributed by atoms with E-state index in [4.69, 9.17) is 19.3 Å². The summed E-state index contributed by atoms with van der Waals surface area (Å²) < 4.78 is 12.1. The minimum Gasteiger partial charge on any atom is -0.339 e. The number of amides is 1. The number of hydrogen-bond donors (Lipinski definition) is 0. The van der Waals surface area contributed by atoms with Crippen LogP contribution in [0.1, 0.15) is 197 Å². The highest BCUT2D eigenvalue weighted by Gasteiger charge is 2.33. The summed E-state index contributed by atoms with van der Waals surface area (Å²) in [5.41, 5.74) is 5.92. The lowest BCUT2D eigenvalue weighted by atomic mass is 9.80. The van der Waals surface area contributed by atoms with Crippen LogP contribution >= 0.6 is 22.9 Å². The Balaban J connectivity index is 0.000000456. The maximum atomic E-state index is 11.3. The fourth-order valence-electron chi connectivity index (χ4n) is 6.95. The van der Waals surface area contributed by atoms with E-state index in [9.17, 15) is 4.79 Å². The van der Waals surface area contributed by atoms with E-state index in [0.717, 1.165) is 53.1 Å². The van der Waals surface area contributed by atoms with Crippen molar-refractivity contribution in [2.45, 2.75) is 192 Å². The largest absolute Gasteiger partial charge is 0.339 e. The molecule has 6 aromatic rings. The predicted octanol–water partition coefficient (Wildman–Crippen LogP) is 15.0. The summed E-state index contributed by atoms with van der Waals surface area (Å²) >= 11 is 2.95. The molecule has 7 rings (SSSR count). The van der Waals surface area contributed by atoms with Crippen LogP contribution in [0.15, 0.2) is 85.9 Å². The molecule has 1 atom stereocenters. The maximum Gasteiger partial charge on any atom is 0.245 e. The van der Waals surface area contributed by atoms with E-state index in [1.807, 2.05) is 73.4 Å². The zero-order valence-corrected chi connectivity index (χ0v) is 53.3. The first-order chi connectivity index (χ1) is 35.7. The Morgan fingerprint density at radius 1 is 0.667 bits per heavy atom. The molecule has 1 aliphatic rings. The molecule has 0 aromatic carbocycles. The minimum absolute atomic E-state index is 0.0260. The standard InChI is InChI=1S/C11H19NO.C9H14N2.C9H12N2.C9H14N2.2C9H11NS.C8H14N2/c1-5-10(13)12-7-6-9(8-12)11(2,3)4;2*1-5-8-10-6-7-11(8)9(2,3)4;1-5-8-6-7-11(10-8)9(2,3)4;1-5-8-10-7(6-11-8)9(2,3)4;1-5-8-7(6-11-10-8)9(2,3)4;1-7-5-6-10(9-7)8(2,3)4/h5,9H,1,6-8H2,2-4H3;5-7H,1H2,2-4H3;1,6-7H,2-4H3;5-7H,1H2,2-4H3;2*1,6H,2-4H3;5-6H,1-4H3. The minimum atomic E-state index is 0.0260. The van der Waals surface area contributed by atoms with Crippen molar-refractivity contribution in [3.05, 3.63) is 131 Å². The van der Waals surface area contributed by atoms with Gasteiger partial charge in [0.1, 0.15) is 11.5 Å². The molecule has 7 heterocycles. The van der Waals surface area contributed by atoms with Crippen LogP contribution in [0.2, 0.25) is 0 Å². The zero-order valence-electron chi connectivity index (χ0n) is 51.7. The monoisotopic (exact) mass is 1100 g/mol. The molecule has 6 aromatic heterocycles. The molecule has 1 saturated heterocycles. The second-order valence-electron chi connectivity index (χ2n) is 25.8. The van der Waals surface area contributed by atoms with Gasteiger partial charge in [-0.1, -0.05) is 82.1 Å². The van der Waals surface area contributed by atoms with Crippen LogP contribution in [-0.2, 0) is 37.8 Å². The molecule has 0 spiro atoms. The molecule has 0 aliphatic carbocycles. The molecular formula is C64H95N11OS2. The van der Waals surface area contributed by atoms with Crippen LogP contribution in [-0.4, -0.2) is 71.9 Å². The average Bonchev–Trinajstić information content (AvgIpc) is 4.18. The molecule has 78 heavy (non-hydrogen) atoms. The van der Waals surface area contributed by atoms with Gasteiger partial charge in [-0.05, 0) is 173 Å². The first kappa shape index (κ1) is 69.5. The van der Waals surface area contributed by atoms with E-state index >= 15 is 0 Å². The van der Waals surface area contributed by atoms with Gasteiger partial charge in [0, 0.05) is 83.1 Å². The second kappa shape index (κ2) is 29.4. The molecule has 1 fully saturated rings. The van der Waals surface area contributed by atoms with E-state index < -0.39 is 0 Å². The Morgan fingerprint density at radius 2 is 1.22 bits per heavy atom. The molecule has 1 aliphatic heterocycles. The quantitative estimate of drug-likeness (QED) is 0.128. The fraction of sp³-hybridized carbons (Fsp3) is 0.516. The number of carbonyl (C=O) groups is 1. The average molecular weight is 1100 g/mol. The van der Waals surface area contributed by atoms with Crippen LogP contribution < -0.4 is 0 Å². The van der Waals surface area contributed by atoms with Crippen LogP contribution in [0.3, 0.4) is 0 Å². The third kappa shape index (κ3) is 23.6. The Labute approximate surface area is 480 Å². The van der Waals surface area contributed by atoms with E-state index in [-0.39, 0.29) is 38.9 Å². The van der Waals surface area contributed by atoms with Gasteiger partial charge in [0.25, 0.3) is 0 Å².